The number of hydrogen-bond acceptors (Lipinski definition) is 3. The molecule has 2 atom stereocenters. The van der Waals surface area contributed by atoms with Crippen LogP contribution in [0.4, 0.5) is 0 Å². The van der Waals surface area contributed by atoms with Crippen molar-refractivity contribution in [3.8, 4) is 0 Å². The van der Waals surface area contributed by atoms with Crippen LogP contribution in [0.15, 0.2) is 0 Å². The summed E-state index contributed by atoms with van der Waals surface area (Å²) in [4.78, 5) is 14.8. The van der Waals surface area contributed by atoms with Gasteiger partial charge in [0.15, 0.2) is 0 Å². The Morgan fingerprint density at radius 3 is 2.50 bits per heavy atom. The molecule has 0 aromatic rings. The van der Waals surface area contributed by atoms with Gasteiger partial charge in [0.05, 0.1) is 6.04 Å². The molecule has 4 nitrogen and oxygen atoms in total. The van der Waals surface area contributed by atoms with Gasteiger partial charge in [-0.15, -0.1) is 0 Å². The SMILES string of the molecule is CC(C(=O)NC1CCCCC1)N1CCCCCC1CN. The summed E-state index contributed by atoms with van der Waals surface area (Å²) >= 11 is 0. The predicted octanol–water partition coefficient (Wildman–Crippen LogP) is 2.03. The van der Waals surface area contributed by atoms with Crippen molar-refractivity contribution in [1.82, 2.24) is 10.2 Å². The standard InChI is InChI=1S/C16H31N3O/c1-13(16(20)18-14-8-4-2-5-9-14)19-11-7-3-6-10-15(19)12-17/h13-15H,2-12,17H2,1H3,(H,18,20). The first-order valence-corrected chi connectivity index (χ1v) is 8.48. The van der Waals surface area contributed by atoms with E-state index in [1.165, 1.54) is 38.5 Å². The number of nitrogens with two attached hydrogens (primary N) is 1. The minimum Gasteiger partial charge on any atom is -0.352 e. The highest BCUT2D eigenvalue weighted by Gasteiger charge is 2.29. The molecule has 0 aromatic heterocycles. The Balaban J connectivity index is 1.89. The fraction of sp³-hybridized carbons (Fsp3) is 0.938. The van der Waals surface area contributed by atoms with E-state index < -0.39 is 0 Å². The molecule has 0 spiro atoms. The molecule has 0 radical (unpaired) electrons. The second-order valence-electron chi connectivity index (χ2n) is 6.50. The van der Waals surface area contributed by atoms with Crippen LogP contribution >= 0.6 is 0 Å². The Morgan fingerprint density at radius 2 is 1.80 bits per heavy atom. The Bertz CT molecular complexity index is 302. The number of nitrogens with one attached hydrogen (secondary N) is 1. The molecule has 20 heavy (non-hydrogen) atoms. The van der Waals surface area contributed by atoms with Gasteiger partial charge in [-0.3, -0.25) is 9.69 Å². The maximum absolute atomic E-state index is 12.5. The smallest absolute Gasteiger partial charge is 0.237 e. The number of nitrogens with zero attached hydrogens (tertiary/aromatic N) is 1. The normalized spacial score (nSPS) is 27.8. The third-order valence-corrected chi connectivity index (χ3v) is 5.02. The van der Waals surface area contributed by atoms with E-state index in [1.807, 2.05) is 6.92 Å². The van der Waals surface area contributed by atoms with Crippen molar-refractivity contribution >= 4 is 5.91 Å². The van der Waals surface area contributed by atoms with Gasteiger partial charge in [-0.25, -0.2) is 0 Å². The number of amides is 1. The van der Waals surface area contributed by atoms with Crippen LogP contribution in [-0.4, -0.2) is 42.0 Å². The van der Waals surface area contributed by atoms with Crippen molar-refractivity contribution in [3.63, 3.8) is 0 Å². The van der Waals surface area contributed by atoms with Gasteiger partial charge in [-0.05, 0) is 39.2 Å². The molecular formula is C16H31N3O. The zero-order valence-electron chi connectivity index (χ0n) is 12.9. The molecule has 0 aromatic carbocycles. The average molecular weight is 281 g/mol. The van der Waals surface area contributed by atoms with E-state index in [0.717, 1.165) is 25.8 Å². The summed E-state index contributed by atoms with van der Waals surface area (Å²) in [7, 11) is 0. The molecule has 4 heteroatoms. The molecular weight excluding hydrogens is 250 g/mol. The summed E-state index contributed by atoms with van der Waals surface area (Å²) in [5.74, 6) is 0.206. The molecule has 3 N–H and O–H groups in total. The van der Waals surface area contributed by atoms with Crippen LogP contribution < -0.4 is 11.1 Å². The fourth-order valence-corrected chi connectivity index (χ4v) is 3.68. The highest BCUT2D eigenvalue weighted by Crippen LogP contribution is 2.20. The largest absolute Gasteiger partial charge is 0.352 e. The van der Waals surface area contributed by atoms with E-state index in [-0.39, 0.29) is 11.9 Å². The maximum atomic E-state index is 12.5. The van der Waals surface area contributed by atoms with Gasteiger partial charge in [0.2, 0.25) is 5.91 Å². The van der Waals surface area contributed by atoms with Crippen molar-refractivity contribution in [2.75, 3.05) is 13.1 Å². The lowest BCUT2D eigenvalue weighted by atomic mass is 9.95. The third kappa shape index (κ3) is 4.19. The first-order chi connectivity index (χ1) is 9.72. The molecule has 1 aliphatic heterocycles. The average Bonchev–Trinajstić information content (AvgIpc) is 2.72. The molecule has 2 unspecified atom stereocenters. The molecule has 1 aliphatic carbocycles. The zero-order valence-corrected chi connectivity index (χ0v) is 12.9. The molecule has 1 amide bonds. The van der Waals surface area contributed by atoms with Crippen molar-refractivity contribution in [1.29, 1.82) is 0 Å². The van der Waals surface area contributed by atoms with E-state index >= 15 is 0 Å². The van der Waals surface area contributed by atoms with Gasteiger partial charge in [-0.2, -0.15) is 0 Å². The second kappa shape index (κ2) is 7.99. The second-order valence-corrected chi connectivity index (χ2v) is 6.50. The van der Waals surface area contributed by atoms with Crippen LogP contribution in [-0.2, 0) is 4.79 Å². The molecule has 1 saturated heterocycles. The fourth-order valence-electron chi connectivity index (χ4n) is 3.68. The quantitative estimate of drug-likeness (QED) is 0.829. The van der Waals surface area contributed by atoms with Gasteiger partial charge in [-0.1, -0.05) is 32.1 Å². The van der Waals surface area contributed by atoms with Crippen molar-refractivity contribution in [2.24, 2.45) is 5.73 Å². The molecule has 2 fully saturated rings. The van der Waals surface area contributed by atoms with Crippen LogP contribution in [0.1, 0.15) is 64.7 Å². The summed E-state index contributed by atoms with van der Waals surface area (Å²) in [6, 6.07) is 0.746. The van der Waals surface area contributed by atoms with Gasteiger partial charge < -0.3 is 11.1 Å². The maximum Gasteiger partial charge on any atom is 0.237 e. The van der Waals surface area contributed by atoms with Crippen molar-refractivity contribution in [3.05, 3.63) is 0 Å². The molecule has 0 bridgehead atoms. The van der Waals surface area contributed by atoms with Gasteiger partial charge in [0.1, 0.15) is 0 Å². The molecule has 1 heterocycles. The van der Waals surface area contributed by atoms with Crippen molar-refractivity contribution in [2.45, 2.75) is 82.8 Å². The zero-order chi connectivity index (χ0) is 14.4. The van der Waals surface area contributed by atoms with Crippen molar-refractivity contribution < 1.29 is 4.79 Å². The van der Waals surface area contributed by atoms with Crippen LogP contribution in [0.2, 0.25) is 0 Å². The van der Waals surface area contributed by atoms with Gasteiger partial charge in [0.25, 0.3) is 0 Å². The van der Waals surface area contributed by atoms with E-state index in [9.17, 15) is 4.79 Å². The topological polar surface area (TPSA) is 58.4 Å². The van der Waals surface area contributed by atoms with E-state index in [2.05, 4.69) is 10.2 Å². The lowest BCUT2D eigenvalue weighted by molar-refractivity contribution is -0.127. The molecule has 116 valence electrons. The Hall–Kier alpha value is -0.610. The van der Waals surface area contributed by atoms with E-state index in [4.69, 9.17) is 5.73 Å². The number of hydrogen-bond donors (Lipinski definition) is 2. The summed E-state index contributed by atoms with van der Waals surface area (Å²) < 4.78 is 0. The Labute approximate surface area is 123 Å². The lowest BCUT2D eigenvalue weighted by Gasteiger charge is -2.35. The summed E-state index contributed by atoms with van der Waals surface area (Å²) in [6.45, 7) is 3.73. The van der Waals surface area contributed by atoms with Crippen LogP contribution in [0.5, 0.6) is 0 Å². The number of carbonyl (C=O) groups excluding carboxylic acids is 1. The first kappa shape index (κ1) is 15.8. The summed E-state index contributed by atoms with van der Waals surface area (Å²) in [6.07, 6.45) is 11.0. The van der Waals surface area contributed by atoms with Gasteiger partial charge >= 0.3 is 0 Å². The Morgan fingerprint density at radius 1 is 1.15 bits per heavy atom. The highest BCUT2D eigenvalue weighted by molar-refractivity contribution is 5.81. The monoisotopic (exact) mass is 281 g/mol. The van der Waals surface area contributed by atoms with Crippen LogP contribution in [0.3, 0.4) is 0 Å². The number of likely N-dealkylation sites (tertiary alicyclic amines) is 1. The molecule has 2 aliphatic rings. The minimum absolute atomic E-state index is 0.0384. The van der Waals surface area contributed by atoms with Crippen LogP contribution in [0.25, 0.3) is 0 Å². The minimum atomic E-state index is -0.0384. The molecule has 1 saturated carbocycles. The van der Waals surface area contributed by atoms with E-state index in [0.29, 0.717) is 18.6 Å². The predicted molar refractivity (Wildman–Crippen MR) is 82.5 cm³/mol. The summed E-state index contributed by atoms with van der Waals surface area (Å²) in [5.41, 5.74) is 5.91. The lowest BCUT2D eigenvalue weighted by Crippen LogP contribution is -2.53. The third-order valence-electron chi connectivity index (χ3n) is 5.02. The highest BCUT2D eigenvalue weighted by atomic mass is 16.2. The first-order valence-electron chi connectivity index (χ1n) is 8.48. The Kier molecular flexibility index (Phi) is 6.30. The number of rotatable bonds is 4. The molecule has 2 rings (SSSR count). The van der Waals surface area contributed by atoms with E-state index in [1.54, 1.807) is 0 Å². The van der Waals surface area contributed by atoms with Gasteiger partial charge in [0, 0.05) is 18.6 Å². The summed E-state index contributed by atoms with van der Waals surface area (Å²) in [5, 5.41) is 3.26. The number of carbonyl (C=O) groups is 1. The van der Waals surface area contributed by atoms with Crippen LogP contribution in [0, 0.1) is 0 Å².